The van der Waals surface area contributed by atoms with Crippen molar-refractivity contribution in [3.05, 3.63) is 23.7 Å². The molecule has 2 heterocycles. The van der Waals surface area contributed by atoms with E-state index in [0.29, 0.717) is 12.3 Å². The van der Waals surface area contributed by atoms with Crippen molar-refractivity contribution >= 4 is 15.9 Å². The van der Waals surface area contributed by atoms with E-state index in [2.05, 4.69) is 4.72 Å². The molecular weight excluding hydrogens is 280 g/mol. The molecule has 1 saturated heterocycles. The van der Waals surface area contributed by atoms with E-state index >= 15 is 0 Å². The summed E-state index contributed by atoms with van der Waals surface area (Å²) in [5.74, 6) is 0.184. The molecule has 0 saturated carbocycles. The summed E-state index contributed by atoms with van der Waals surface area (Å²) in [7, 11) is -3.25. The van der Waals surface area contributed by atoms with Crippen LogP contribution in [0, 0.1) is 6.92 Å². The second-order valence-electron chi connectivity index (χ2n) is 5.20. The molecule has 20 heavy (non-hydrogen) atoms. The summed E-state index contributed by atoms with van der Waals surface area (Å²) in [6.07, 6.45) is 5.35. The quantitative estimate of drug-likeness (QED) is 0.904. The van der Waals surface area contributed by atoms with Crippen LogP contribution in [0.5, 0.6) is 0 Å². The number of piperidine rings is 1. The van der Waals surface area contributed by atoms with Crippen molar-refractivity contribution in [3.8, 4) is 0 Å². The van der Waals surface area contributed by atoms with E-state index in [1.54, 1.807) is 11.0 Å². The third-order valence-corrected chi connectivity index (χ3v) is 4.22. The summed E-state index contributed by atoms with van der Waals surface area (Å²) in [6, 6.07) is 1.64. The van der Waals surface area contributed by atoms with Gasteiger partial charge in [0.05, 0.1) is 12.5 Å². The maximum Gasteiger partial charge on any atom is 0.290 e. The standard InChI is InChI=1S/C13H20N2O4S/c1-10-6-8-19-12(10)13(16)15-7-4-3-5-11(15)9-14-20(2,17)18/h6,8,11,14H,3-5,7,9H2,1-2H3/t11-/m0/s1. The lowest BCUT2D eigenvalue weighted by molar-refractivity contribution is 0.0585. The summed E-state index contributed by atoms with van der Waals surface area (Å²) in [6.45, 7) is 2.71. The lowest BCUT2D eigenvalue weighted by Crippen LogP contribution is -2.49. The Hall–Kier alpha value is -1.34. The van der Waals surface area contributed by atoms with Crippen LogP contribution in [0.15, 0.2) is 16.7 Å². The molecule has 0 unspecified atom stereocenters. The molecule has 2 rings (SSSR count). The fourth-order valence-corrected chi connectivity index (χ4v) is 2.95. The van der Waals surface area contributed by atoms with Crippen LogP contribution in [0.4, 0.5) is 0 Å². The van der Waals surface area contributed by atoms with E-state index < -0.39 is 10.0 Å². The molecule has 1 fully saturated rings. The highest BCUT2D eigenvalue weighted by atomic mass is 32.2. The van der Waals surface area contributed by atoms with Crippen molar-refractivity contribution < 1.29 is 17.6 Å². The predicted octanol–water partition coefficient (Wildman–Crippen LogP) is 1.13. The van der Waals surface area contributed by atoms with Crippen molar-refractivity contribution in [2.75, 3.05) is 19.3 Å². The van der Waals surface area contributed by atoms with Gasteiger partial charge in [-0.3, -0.25) is 4.79 Å². The molecule has 1 atom stereocenters. The second-order valence-corrected chi connectivity index (χ2v) is 7.03. The molecule has 112 valence electrons. The second kappa shape index (κ2) is 5.97. The Labute approximate surface area is 119 Å². The molecular formula is C13H20N2O4S. The lowest BCUT2D eigenvalue weighted by Gasteiger charge is -2.35. The molecule has 1 N–H and O–H groups in total. The Kier molecular flexibility index (Phi) is 4.49. The monoisotopic (exact) mass is 300 g/mol. The largest absolute Gasteiger partial charge is 0.459 e. The average molecular weight is 300 g/mol. The lowest BCUT2D eigenvalue weighted by atomic mass is 10.0. The number of hydrogen-bond acceptors (Lipinski definition) is 4. The Morgan fingerprint density at radius 1 is 1.50 bits per heavy atom. The van der Waals surface area contributed by atoms with Gasteiger partial charge in [-0.05, 0) is 32.3 Å². The van der Waals surface area contributed by atoms with Crippen LogP contribution in [0.25, 0.3) is 0 Å². The van der Waals surface area contributed by atoms with E-state index in [0.717, 1.165) is 31.1 Å². The first-order valence-corrected chi connectivity index (χ1v) is 8.57. The molecule has 1 aliphatic heterocycles. The predicted molar refractivity (Wildman–Crippen MR) is 75.0 cm³/mol. The number of aryl methyl sites for hydroxylation is 1. The van der Waals surface area contributed by atoms with Gasteiger partial charge in [0.1, 0.15) is 0 Å². The number of hydrogen-bond donors (Lipinski definition) is 1. The molecule has 1 amide bonds. The summed E-state index contributed by atoms with van der Waals surface area (Å²) in [5.41, 5.74) is 0.801. The SMILES string of the molecule is Cc1ccoc1C(=O)N1CCCC[C@H]1CNS(C)(=O)=O. The van der Waals surface area contributed by atoms with Crippen molar-refractivity contribution in [2.45, 2.75) is 32.2 Å². The zero-order chi connectivity index (χ0) is 14.8. The fourth-order valence-electron chi connectivity index (χ4n) is 2.45. The van der Waals surface area contributed by atoms with Gasteiger partial charge in [-0.15, -0.1) is 0 Å². The maximum atomic E-state index is 12.5. The molecule has 0 spiro atoms. The minimum atomic E-state index is -3.25. The highest BCUT2D eigenvalue weighted by Crippen LogP contribution is 2.21. The summed E-state index contributed by atoms with van der Waals surface area (Å²) in [4.78, 5) is 14.2. The van der Waals surface area contributed by atoms with Crippen LogP contribution in [-0.2, 0) is 10.0 Å². The Morgan fingerprint density at radius 2 is 2.25 bits per heavy atom. The van der Waals surface area contributed by atoms with Crippen LogP contribution in [0.1, 0.15) is 35.4 Å². The van der Waals surface area contributed by atoms with Gasteiger partial charge in [0.15, 0.2) is 5.76 Å². The van der Waals surface area contributed by atoms with Gasteiger partial charge >= 0.3 is 0 Å². The number of nitrogens with zero attached hydrogens (tertiary/aromatic N) is 1. The van der Waals surface area contributed by atoms with Gasteiger partial charge in [0.2, 0.25) is 10.0 Å². The van der Waals surface area contributed by atoms with Crippen LogP contribution in [0.2, 0.25) is 0 Å². The first-order valence-electron chi connectivity index (χ1n) is 6.68. The summed E-state index contributed by atoms with van der Waals surface area (Å²) >= 11 is 0. The molecule has 0 aliphatic carbocycles. The van der Waals surface area contributed by atoms with E-state index in [4.69, 9.17) is 4.42 Å². The first kappa shape index (κ1) is 15.1. The summed E-state index contributed by atoms with van der Waals surface area (Å²) in [5, 5.41) is 0. The highest BCUT2D eigenvalue weighted by molar-refractivity contribution is 7.88. The molecule has 0 aromatic carbocycles. The fraction of sp³-hybridized carbons (Fsp3) is 0.615. The minimum Gasteiger partial charge on any atom is -0.459 e. The third-order valence-electron chi connectivity index (χ3n) is 3.53. The van der Waals surface area contributed by atoms with Gasteiger partial charge in [-0.1, -0.05) is 0 Å². The number of furan rings is 1. The maximum absolute atomic E-state index is 12.5. The van der Waals surface area contributed by atoms with Crippen molar-refractivity contribution in [3.63, 3.8) is 0 Å². The molecule has 7 heteroatoms. The van der Waals surface area contributed by atoms with Gasteiger partial charge < -0.3 is 9.32 Å². The molecule has 0 radical (unpaired) electrons. The van der Waals surface area contributed by atoms with E-state index in [9.17, 15) is 13.2 Å². The zero-order valence-corrected chi connectivity index (χ0v) is 12.6. The Balaban J connectivity index is 2.11. The molecule has 1 aliphatic rings. The zero-order valence-electron chi connectivity index (χ0n) is 11.8. The van der Waals surface area contributed by atoms with Crippen LogP contribution < -0.4 is 4.72 Å². The third kappa shape index (κ3) is 3.61. The average Bonchev–Trinajstić information content (AvgIpc) is 2.81. The Morgan fingerprint density at radius 3 is 2.85 bits per heavy atom. The van der Waals surface area contributed by atoms with E-state index in [1.807, 2.05) is 6.92 Å². The number of rotatable bonds is 4. The highest BCUT2D eigenvalue weighted by Gasteiger charge is 2.30. The molecule has 0 bridgehead atoms. The molecule has 1 aromatic heterocycles. The number of nitrogens with one attached hydrogen (secondary N) is 1. The van der Waals surface area contributed by atoms with Crippen molar-refractivity contribution in [2.24, 2.45) is 0 Å². The van der Waals surface area contributed by atoms with E-state index in [1.165, 1.54) is 6.26 Å². The topological polar surface area (TPSA) is 79.6 Å². The van der Waals surface area contributed by atoms with Crippen LogP contribution in [0.3, 0.4) is 0 Å². The van der Waals surface area contributed by atoms with Gasteiger partial charge in [-0.2, -0.15) is 0 Å². The molecule has 6 nitrogen and oxygen atoms in total. The van der Waals surface area contributed by atoms with Crippen molar-refractivity contribution in [1.82, 2.24) is 9.62 Å². The number of amides is 1. The molecule has 1 aromatic rings. The summed E-state index contributed by atoms with van der Waals surface area (Å²) < 4.78 is 30.1. The number of carbonyl (C=O) groups excluding carboxylic acids is 1. The van der Waals surface area contributed by atoms with Crippen molar-refractivity contribution in [1.29, 1.82) is 0 Å². The van der Waals surface area contributed by atoms with Crippen LogP contribution >= 0.6 is 0 Å². The van der Waals surface area contributed by atoms with E-state index in [-0.39, 0.29) is 18.5 Å². The number of sulfonamides is 1. The number of carbonyl (C=O) groups is 1. The first-order chi connectivity index (χ1) is 9.38. The van der Waals surface area contributed by atoms with Gasteiger partial charge in [0, 0.05) is 24.7 Å². The Bertz CT molecular complexity index is 579. The van der Waals surface area contributed by atoms with Gasteiger partial charge in [-0.25, -0.2) is 13.1 Å². The van der Waals surface area contributed by atoms with Gasteiger partial charge in [0.25, 0.3) is 5.91 Å². The minimum absolute atomic E-state index is 0.115. The normalized spacial score (nSPS) is 20.1. The smallest absolute Gasteiger partial charge is 0.290 e. The number of likely N-dealkylation sites (tertiary alicyclic amines) is 1. The van der Waals surface area contributed by atoms with Crippen LogP contribution in [-0.4, -0.2) is 44.6 Å².